The molecule has 0 spiro atoms. The molecule has 1 fully saturated rings. The van der Waals surface area contributed by atoms with Gasteiger partial charge in [0, 0.05) is 5.02 Å². The summed E-state index contributed by atoms with van der Waals surface area (Å²) >= 11 is 7.30. The van der Waals surface area contributed by atoms with E-state index in [0.29, 0.717) is 10.8 Å². The van der Waals surface area contributed by atoms with Crippen molar-refractivity contribution >= 4 is 41.3 Å². The molecular weight excluding hydrogens is 384 g/mol. The summed E-state index contributed by atoms with van der Waals surface area (Å²) < 4.78 is 5.43. The minimum Gasteiger partial charge on any atom is -0.484 e. The fraction of sp³-hybridized carbons (Fsp3) is 0.200. The van der Waals surface area contributed by atoms with Gasteiger partial charge < -0.3 is 4.74 Å². The molecule has 3 rings (SSSR count). The van der Waals surface area contributed by atoms with Crippen LogP contribution in [0.2, 0.25) is 5.02 Å². The minimum atomic E-state index is -0.397. The monoisotopic (exact) mass is 402 g/mol. The Balaban J connectivity index is 1.60. The molecule has 5 nitrogen and oxygen atoms in total. The summed E-state index contributed by atoms with van der Waals surface area (Å²) in [6.45, 7) is 1.63. The normalized spacial score (nSPS) is 19.5. The fourth-order valence-electron chi connectivity index (χ4n) is 2.50. The highest BCUT2D eigenvalue weighted by molar-refractivity contribution is 8.01. The van der Waals surface area contributed by atoms with E-state index in [2.05, 4.69) is 5.43 Å². The van der Waals surface area contributed by atoms with Crippen LogP contribution in [0.15, 0.2) is 60.7 Å². The average molecular weight is 403 g/mol. The molecule has 7 heteroatoms. The van der Waals surface area contributed by atoms with Gasteiger partial charge in [0.15, 0.2) is 6.61 Å². The Hall–Kier alpha value is -2.44. The summed E-state index contributed by atoms with van der Waals surface area (Å²) in [4.78, 5) is 24.6. The molecule has 2 amide bonds. The number of benzene rings is 2. The Morgan fingerprint density at radius 2 is 1.93 bits per heavy atom. The van der Waals surface area contributed by atoms with Crippen LogP contribution in [0.4, 0.5) is 0 Å². The average Bonchev–Trinajstić information content (AvgIpc) is 2.94. The lowest BCUT2D eigenvalue weighted by atomic mass is 10.2. The number of nitrogens with one attached hydrogen (secondary N) is 1. The first kappa shape index (κ1) is 19.3. The minimum absolute atomic E-state index is 0.137. The lowest BCUT2D eigenvalue weighted by molar-refractivity contribution is -0.140. The number of hydrazine groups is 1. The lowest BCUT2D eigenvalue weighted by Crippen LogP contribution is -2.49. The fourth-order valence-corrected chi connectivity index (χ4v) is 3.73. The van der Waals surface area contributed by atoms with Crippen LogP contribution in [0, 0.1) is 0 Å². The quantitative estimate of drug-likeness (QED) is 0.799. The molecule has 0 saturated carbocycles. The second-order valence-electron chi connectivity index (χ2n) is 5.92. The van der Waals surface area contributed by atoms with Gasteiger partial charge in [-0.3, -0.25) is 15.0 Å². The molecule has 0 aromatic heterocycles. The third-order valence-corrected chi connectivity index (χ3v) is 5.37. The topological polar surface area (TPSA) is 58.6 Å². The first-order valence-corrected chi connectivity index (χ1v) is 9.74. The number of halogens is 1. The molecule has 2 aromatic rings. The van der Waals surface area contributed by atoms with Gasteiger partial charge in [0.1, 0.15) is 11.1 Å². The molecule has 0 bridgehead atoms. The molecule has 27 heavy (non-hydrogen) atoms. The summed E-state index contributed by atoms with van der Waals surface area (Å²) in [6.07, 6.45) is 3.84. The number of carbonyl (C=O) groups is 2. The molecule has 0 radical (unpaired) electrons. The Bertz CT molecular complexity index is 827. The molecule has 2 atom stereocenters. The van der Waals surface area contributed by atoms with Crippen LogP contribution < -0.4 is 10.2 Å². The number of nitrogens with zero attached hydrogens (tertiary/aromatic N) is 1. The highest BCUT2D eigenvalue weighted by atomic mass is 35.5. The van der Waals surface area contributed by atoms with Crippen molar-refractivity contribution in [3.05, 3.63) is 71.3 Å². The Kier molecular flexibility index (Phi) is 6.42. The third-order valence-electron chi connectivity index (χ3n) is 3.86. The van der Waals surface area contributed by atoms with Crippen molar-refractivity contribution in [2.24, 2.45) is 0 Å². The zero-order valence-corrected chi connectivity index (χ0v) is 16.2. The van der Waals surface area contributed by atoms with E-state index in [9.17, 15) is 9.59 Å². The summed E-state index contributed by atoms with van der Waals surface area (Å²) in [7, 11) is 0. The highest BCUT2D eigenvalue weighted by Crippen LogP contribution is 2.31. The van der Waals surface area contributed by atoms with Crippen LogP contribution in [-0.4, -0.2) is 34.1 Å². The van der Waals surface area contributed by atoms with Crippen molar-refractivity contribution in [1.29, 1.82) is 0 Å². The van der Waals surface area contributed by atoms with Crippen LogP contribution in [0.25, 0.3) is 6.08 Å². The Labute approximate surface area is 167 Å². The third kappa shape index (κ3) is 5.28. The zero-order chi connectivity index (χ0) is 19.2. The van der Waals surface area contributed by atoms with Gasteiger partial charge in [-0.2, -0.15) is 0 Å². The number of ether oxygens (including phenoxy) is 1. The van der Waals surface area contributed by atoms with Gasteiger partial charge in [0.25, 0.3) is 11.8 Å². The first-order valence-electron chi connectivity index (χ1n) is 8.42. The largest absolute Gasteiger partial charge is 0.484 e. The van der Waals surface area contributed by atoms with Crippen molar-refractivity contribution in [1.82, 2.24) is 10.4 Å². The van der Waals surface area contributed by atoms with E-state index in [-0.39, 0.29) is 23.1 Å². The van der Waals surface area contributed by atoms with Crippen LogP contribution in [0.5, 0.6) is 5.75 Å². The van der Waals surface area contributed by atoms with E-state index in [1.54, 1.807) is 24.3 Å². The van der Waals surface area contributed by atoms with Gasteiger partial charge in [0.2, 0.25) is 0 Å². The summed E-state index contributed by atoms with van der Waals surface area (Å²) in [5.41, 5.74) is 3.68. The molecule has 1 aliphatic rings. The maximum absolute atomic E-state index is 12.4. The number of hydrogen-bond acceptors (Lipinski definition) is 4. The standard InChI is InChI=1S/C20H19ClN2O3S/c1-14-20(25)23(19(27-14)12-7-15-5-3-2-4-6-15)22-18(24)13-26-17-10-8-16(21)9-11-17/h2-12,14,19H,13H2,1H3,(H,22,24)/b12-7+. The van der Waals surface area contributed by atoms with E-state index in [0.717, 1.165) is 5.56 Å². The van der Waals surface area contributed by atoms with Gasteiger partial charge in [-0.05, 0) is 42.8 Å². The van der Waals surface area contributed by atoms with Crippen LogP contribution >= 0.6 is 23.4 Å². The molecule has 2 aromatic carbocycles. The van der Waals surface area contributed by atoms with Crippen molar-refractivity contribution < 1.29 is 14.3 Å². The Morgan fingerprint density at radius 1 is 1.22 bits per heavy atom. The van der Waals surface area contributed by atoms with Gasteiger partial charge in [0.05, 0.1) is 5.25 Å². The molecule has 2 unspecified atom stereocenters. The van der Waals surface area contributed by atoms with Crippen molar-refractivity contribution in [2.75, 3.05) is 6.61 Å². The van der Waals surface area contributed by atoms with E-state index < -0.39 is 5.91 Å². The van der Waals surface area contributed by atoms with Gasteiger partial charge in [-0.1, -0.05) is 48.0 Å². The number of thioether (sulfide) groups is 1. The Morgan fingerprint density at radius 3 is 2.63 bits per heavy atom. The van der Waals surface area contributed by atoms with Crippen LogP contribution in [0.1, 0.15) is 12.5 Å². The van der Waals surface area contributed by atoms with E-state index >= 15 is 0 Å². The molecule has 1 heterocycles. The van der Waals surface area contributed by atoms with Crippen molar-refractivity contribution in [3.8, 4) is 5.75 Å². The molecule has 140 valence electrons. The van der Waals surface area contributed by atoms with E-state index in [1.807, 2.05) is 49.4 Å². The van der Waals surface area contributed by atoms with Crippen LogP contribution in [0.3, 0.4) is 0 Å². The number of carbonyl (C=O) groups excluding carboxylic acids is 2. The van der Waals surface area contributed by atoms with E-state index in [1.165, 1.54) is 16.8 Å². The van der Waals surface area contributed by atoms with E-state index in [4.69, 9.17) is 16.3 Å². The maximum atomic E-state index is 12.4. The van der Waals surface area contributed by atoms with Crippen LogP contribution in [-0.2, 0) is 9.59 Å². The van der Waals surface area contributed by atoms with Gasteiger partial charge >= 0.3 is 0 Å². The summed E-state index contributed by atoms with van der Waals surface area (Å²) in [6, 6.07) is 16.5. The molecule has 0 aliphatic carbocycles. The smallest absolute Gasteiger partial charge is 0.276 e. The molecule has 1 aliphatic heterocycles. The summed E-state index contributed by atoms with van der Waals surface area (Å²) in [5, 5.41) is 1.45. The number of hydrogen-bond donors (Lipinski definition) is 1. The zero-order valence-electron chi connectivity index (χ0n) is 14.7. The lowest BCUT2D eigenvalue weighted by Gasteiger charge is -2.22. The second kappa shape index (κ2) is 8.97. The van der Waals surface area contributed by atoms with Gasteiger partial charge in [-0.25, -0.2) is 5.01 Å². The second-order valence-corrected chi connectivity index (χ2v) is 7.82. The van der Waals surface area contributed by atoms with Crippen molar-refractivity contribution in [3.63, 3.8) is 0 Å². The number of rotatable bonds is 6. The predicted octanol–water partition coefficient (Wildman–Crippen LogP) is 3.75. The maximum Gasteiger partial charge on any atom is 0.276 e. The molecule has 1 N–H and O–H groups in total. The SMILES string of the molecule is CC1SC(/C=C/c2ccccc2)N(NC(=O)COc2ccc(Cl)cc2)C1=O. The molecule has 1 saturated heterocycles. The predicted molar refractivity (Wildman–Crippen MR) is 108 cm³/mol. The molecular formula is C20H19ClN2O3S. The first-order chi connectivity index (χ1) is 13.0. The highest BCUT2D eigenvalue weighted by Gasteiger charge is 2.37. The van der Waals surface area contributed by atoms with Crippen molar-refractivity contribution in [2.45, 2.75) is 17.5 Å². The van der Waals surface area contributed by atoms with Gasteiger partial charge in [-0.15, -0.1) is 11.8 Å². The number of amides is 2. The summed E-state index contributed by atoms with van der Waals surface area (Å²) in [5.74, 6) is -0.000712.